The number of thiophene rings is 1. The molecular weight excluding hydrogens is 273 g/mol. The lowest BCUT2D eigenvalue weighted by Crippen LogP contribution is -2.21. The van der Waals surface area contributed by atoms with Crippen molar-refractivity contribution < 1.29 is 9.13 Å². The normalized spacial score (nSPS) is 11.4. The van der Waals surface area contributed by atoms with E-state index in [1.54, 1.807) is 23.5 Å². The maximum Gasteiger partial charge on any atom is 0.132 e. The first-order chi connectivity index (χ1) is 9.63. The summed E-state index contributed by atoms with van der Waals surface area (Å²) < 4.78 is 20.6. The van der Waals surface area contributed by atoms with Crippen molar-refractivity contribution in [2.24, 2.45) is 0 Å². The Morgan fingerprint density at radius 1 is 1.45 bits per heavy atom. The number of halogens is 1. The van der Waals surface area contributed by atoms with E-state index >= 15 is 0 Å². The third-order valence-electron chi connectivity index (χ3n) is 3.00. The summed E-state index contributed by atoms with van der Waals surface area (Å²) >= 11 is 1.63. The number of benzene rings is 1. The van der Waals surface area contributed by atoms with Crippen molar-refractivity contribution in [1.82, 2.24) is 5.32 Å². The van der Waals surface area contributed by atoms with Crippen LogP contribution in [0, 0.1) is 5.82 Å². The van der Waals surface area contributed by atoms with Gasteiger partial charge in [-0.25, -0.2) is 4.39 Å². The van der Waals surface area contributed by atoms with Crippen molar-refractivity contribution in [3.05, 3.63) is 47.1 Å². The van der Waals surface area contributed by atoms with Gasteiger partial charge in [0.15, 0.2) is 0 Å². The lowest BCUT2D eigenvalue weighted by atomic mass is 10.1. The SMILES string of the molecule is C=CCOCc1c(CNC(C)C)sc2cccc(F)c12. The van der Waals surface area contributed by atoms with Crippen LogP contribution < -0.4 is 5.32 Å². The minimum atomic E-state index is -0.174. The van der Waals surface area contributed by atoms with Crippen molar-refractivity contribution in [2.75, 3.05) is 6.61 Å². The Labute approximate surface area is 123 Å². The first-order valence-electron chi connectivity index (χ1n) is 6.74. The van der Waals surface area contributed by atoms with Gasteiger partial charge in [0.05, 0.1) is 13.2 Å². The van der Waals surface area contributed by atoms with Crippen LogP contribution in [0.25, 0.3) is 10.1 Å². The topological polar surface area (TPSA) is 21.3 Å². The molecule has 0 fully saturated rings. The number of rotatable bonds is 7. The Balaban J connectivity index is 2.35. The molecule has 2 nitrogen and oxygen atoms in total. The summed E-state index contributed by atoms with van der Waals surface area (Å²) in [5, 5.41) is 4.08. The van der Waals surface area contributed by atoms with Crippen LogP contribution in [0.4, 0.5) is 4.39 Å². The Morgan fingerprint density at radius 3 is 2.95 bits per heavy atom. The van der Waals surface area contributed by atoms with Crippen LogP contribution in [0.15, 0.2) is 30.9 Å². The van der Waals surface area contributed by atoms with Gasteiger partial charge in [-0.15, -0.1) is 17.9 Å². The van der Waals surface area contributed by atoms with Gasteiger partial charge in [0.2, 0.25) is 0 Å². The molecule has 0 radical (unpaired) electrons. The van der Waals surface area contributed by atoms with Crippen molar-refractivity contribution in [3.8, 4) is 0 Å². The number of ether oxygens (including phenoxy) is 1. The molecule has 20 heavy (non-hydrogen) atoms. The average molecular weight is 293 g/mol. The smallest absolute Gasteiger partial charge is 0.132 e. The first-order valence-corrected chi connectivity index (χ1v) is 7.56. The highest BCUT2D eigenvalue weighted by Gasteiger charge is 2.15. The maximum atomic E-state index is 14.1. The molecule has 108 valence electrons. The fourth-order valence-corrected chi connectivity index (χ4v) is 3.23. The second kappa shape index (κ2) is 6.97. The monoisotopic (exact) mass is 293 g/mol. The summed E-state index contributed by atoms with van der Waals surface area (Å²) in [6.45, 7) is 9.46. The van der Waals surface area contributed by atoms with E-state index in [4.69, 9.17) is 4.74 Å². The van der Waals surface area contributed by atoms with E-state index in [2.05, 4.69) is 25.7 Å². The van der Waals surface area contributed by atoms with E-state index in [9.17, 15) is 4.39 Å². The van der Waals surface area contributed by atoms with Crippen LogP contribution in [0.5, 0.6) is 0 Å². The van der Waals surface area contributed by atoms with Crippen LogP contribution in [-0.4, -0.2) is 12.6 Å². The minimum Gasteiger partial charge on any atom is -0.373 e. The van der Waals surface area contributed by atoms with Crippen molar-refractivity contribution >= 4 is 21.4 Å². The minimum absolute atomic E-state index is 0.174. The lowest BCUT2D eigenvalue weighted by Gasteiger charge is -2.09. The Morgan fingerprint density at radius 2 is 2.25 bits per heavy atom. The summed E-state index contributed by atoms with van der Waals surface area (Å²) in [5.74, 6) is -0.174. The Kier molecular flexibility index (Phi) is 5.29. The Bertz CT molecular complexity index is 591. The van der Waals surface area contributed by atoms with Crippen molar-refractivity contribution in [1.29, 1.82) is 0 Å². The molecular formula is C16H20FNOS. The van der Waals surface area contributed by atoms with Crippen LogP contribution in [0.2, 0.25) is 0 Å². The molecule has 0 aliphatic rings. The Hall–Kier alpha value is -1.23. The van der Waals surface area contributed by atoms with Gasteiger partial charge in [-0.2, -0.15) is 0 Å². The summed E-state index contributed by atoms with van der Waals surface area (Å²) in [5.41, 5.74) is 0.957. The van der Waals surface area contributed by atoms with Crippen molar-refractivity contribution in [3.63, 3.8) is 0 Å². The molecule has 0 amide bonds. The molecule has 1 aromatic carbocycles. The van der Waals surface area contributed by atoms with Gasteiger partial charge in [-0.1, -0.05) is 26.0 Å². The number of fused-ring (bicyclic) bond motifs is 1. The molecule has 0 spiro atoms. The molecule has 0 atom stereocenters. The number of hydrogen-bond acceptors (Lipinski definition) is 3. The van der Waals surface area contributed by atoms with Gasteiger partial charge in [-0.3, -0.25) is 0 Å². The van der Waals surface area contributed by atoms with Crippen LogP contribution in [0.3, 0.4) is 0 Å². The van der Waals surface area contributed by atoms with E-state index in [1.807, 2.05) is 6.07 Å². The highest BCUT2D eigenvalue weighted by Crippen LogP contribution is 2.33. The van der Waals surface area contributed by atoms with Gasteiger partial charge in [0.25, 0.3) is 0 Å². The summed E-state index contributed by atoms with van der Waals surface area (Å²) in [6.07, 6.45) is 1.71. The third-order valence-corrected chi connectivity index (χ3v) is 4.20. The highest BCUT2D eigenvalue weighted by atomic mass is 32.1. The van der Waals surface area contributed by atoms with E-state index in [1.165, 1.54) is 6.07 Å². The highest BCUT2D eigenvalue weighted by molar-refractivity contribution is 7.19. The van der Waals surface area contributed by atoms with Gasteiger partial charge < -0.3 is 10.1 Å². The van der Waals surface area contributed by atoms with Gasteiger partial charge in [0, 0.05) is 33.1 Å². The maximum absolute atomic E-state index is 14.1. The molecule has 1 heterocycles. The molecule has 1 aromatic heterocycles. The summed E-state index contributed by atoms with van der Waals surface area (Å²) in [4.78, 5) is 1.14. The summed E-state index contributed by atoms with van der Waals surface area (Å²) in [6, 6.07) is 5.61. The molecule has 0 saturated carbocycles. The molecule has 0 aliphatic carbocycles. The van der Waals surface area contributed by atoms with Crippen LogP contribution >= 0.6 is 11.3 Å². The molecule has 2 aromatic rings. The fraction of sp³-hybridized carbons (Fsp3) is 0.375. The molecule has 4 heteroatoms. The summed E-state index contributed by atoms with van der Waals surface area (Å²) in [7, 11) is 0. The fourth-order valence-electron chi connectivity index (χ4n) is 2.05. The molecule has 0 aliphatic heterocycles. The van der Waals surface area contributed by atoms with E-state index in [0.29, 0.717) is 24.6 Å². The van der Waals surface area contributed by atoms with Gasteiger partial charge >= 0.3 is 0 Å². The largest absolute Gasteiger partial charge is 0.373 e. The average Bonchev–Trinajstić information content (AvgIpc) is 2.76. The van der Waals surface area contributed by atoms with Crippen LogP contribution in [-0.2, 0) is 17.9 Å². The van der Waals surface area contributed by atoms with Gasteiger partial charge in [0.1, 0.15) is 5.82 Å². The predicted octanol–water partition coefficient (Wildman–Crippen LogP) is 4.24. The zero-order valence-corrected chi connectivity index (χ0v) is 12.7. The number of hydrogen-bond donors (Lipinski definition) is 1. The van der Waals surface area contributed by atoms with Crippen molar-refractivity contribution in [2.45, 2.75) is 33.0 Å². The first kappa shape index (κ1) is 15.2. The van der Waals surface area contributed by atoms with Crippen LogP contribution in [0.1, 0.15) is 24.3 Å². The molecule has 0 saturated heterocycles. The standard InChI is InChI=1S/C16H20FNOS/c1-4-8-19-10-12-15(9-18-11(2)3)20-14-7-5-6-13(17)16(12)14/h4-7,11,18H,1,8-10H2,2-3H3. The zero-order valence-electron chi connectivity index (χ0n) is 11.9. The lowest BCUT2D eigenvalue weighted by molar-refractivity contribution is 0.149. The van der Waals surface area contributed by atoms with E-state index in [0.717, 1.165) is 21.7 Å². The molecule has 1 N–H and O–H groups in total. The van der Waals surface area contributed by atoms with Gasteiger partial charge in [-0.05, 0) is 12.1 Å². The second-order valence-corrected chi connectivity index (χ2v) is 6.09. The predicted molar refractivity (Wildman–Crippen MR) is 83.6 cm³/mol. The zero-order chi connectivity index (χ0) is 14.5. The molecule has 2 rings (SSSR count). The number of nitrogens with one attached hydrogen (secondary N) is 1. The third kappa shape index (κ3) is 3.45. The quantitative estimate of drug-likeness (QED) is 0.609. The van der Waals surface area contributed by atoms with E-state index in [-0.39, 0.29) is 5.82 Å². The molecule has 0 bridgehead atoms. The second-order valence-electron chi connectivity index (χ2n) is 4.96. The molecule has 0 unspecified atom stereocenters. The van der Waals surface area contributed by atoms with E-state index < -0.39 is 0 Å².